The second-order valence-electron chi connectivity index (χ2n) is 2.65. The standard InChI is InChI=1S/C7H8BrNS.ClH/c8-7-2-1-6(10-7)4-3-5(4)9;/h1-2,4-5H,3,9H2;1H/t4-,5-;/m1./s1. The van der Waals surface area contributed by atoms with Crippen LogP contribution in [0.3, 0.4) is 0 Å². The second kappa shape index (κ2) is 3.44. The third-order valence-electron chi connectivity index (χ3n) is 1.80. The lowest BCUT2D eigenvalue weighted by Crippen LogP contribution is -1.99. The summed E-state index contributed by atoms with van der Waals surface area (Å²) in [6.45, 7) is 0. The minimum absolute atomic E-state index is 0. The van der Waals surface area contributed by atoms with Gasteiger partial charge in [-0.3, -0.25) is 0 Å². The molecule has 2 N–H and O–H groups in total. The smallest absolute Gasteiger partial charge is 0.0701 e. The number of thiophene rings is 1. The molecule has 1 saturated carbocycles. The normalized spacial score (nSPS) is 27.8. The Morgan fingerprint density at radius 1 is 1.55 bits per heavy atom. The molecule has 0 aromatic carbocycles. The fraction of sp³-hybridized carbons (Fsp3) is 0.429. The number of rotatable bonds is 1. The van der Waals surface area contributed by atoms with Crippen LogP contribution in [0.4, 0.5) is 0 Å². The van der Waals surface area contributed by atoms with E-state index in [2.05, 4.69) is 28.1 Å². The van der Waals surface area contributed by atoms with E-state index in [-0.39, 0.29) is 12.4 Å². The quantitative estimate of drug-likeness (QED) is 0.819. The Bertz CT molecular complexity index is 250. The molecule has 0 bridgehead atoms. The van der Waals surface area contributed by atoms with E-state index in [4.69, 9.17) is 5.73 Å². The average molecular weight is 255 g/mol. The van der Waals surface area contributed by atoms with Crippen LogP contribution in [0.5, 0.6) is 0 Å². The summed E-state index contributed by atoms with van der Waals surface area (Å²) in [5, 5.41) is 0. The molecule has 2 atom stereocenters. The molecule has 0 unspecified atom stereocenters. The molecular formula is C7H9BrClNS. The molecule has 0 amide bonds. The van der Waals surface area contributed by atoms with E-state index >= 15 is 0 Å². The second-order valence-corrected chi connectivity index (χ2v) is 5.14. The van der Waals surface area contributed by atoms with Crippen LogP contribution in [0.1, 0.15) is 17.2 Å². The molecule has 1 heterocycles. The molecule has 0 spiro atoms. The van der Waals surface area contributed by atoms with Crippen LogP contribution in [-0.4, -0.2) is 6.04 Å². The maximum Gasteiger partial charge on any atom is 0.0701 e. The Balaban J connectivity index is 0.000000605. The first kappa shape index (κ1) is 9.52. The highest BCUT2D eigenvalue weighted by atomic mass is 79.9. The Morgan fingerprint density at radius 3 is 2.55 bits per heavy atom. The molecule has 2 rings (SSSR count). The van der Waals surface area contributed by atoms with E-state index in [1.165, 1.54) is 15.1 Å². The lowest BCUT2D eigenvalue weighted by atomic mass is 10.3. The van der Waals surface area contributed by atoms with Gasteiger partial charge in [0.25, 0.3) is 0 Å². The summed E-state index contributed by atoms with van der Waals surface area (Å²) >= 11 is 5.22. The Labute approximate surface area is 84.5 Å². The molecule has 0 radical (unpaired) electrons. The highest BCUT2D eigenvalue weighted by Crippen LogP contribution is 2.43. The molecule has 1 fully saturated rings. The van der Waals surface area contributed by atoms with Gasteiger partial charge in [-0.1, -0.05) is 0 Å². The highest BCUT2D eigenvalue weighted by molar-refractivity contribution is 9.11. The monoisotopic (exact) mass is 253 g/mol. The Morgan fingerprint density at radius 2 is 2.18 bits per heavy atom. The van der Waals surface area contributed by atoms with Crippen LogP contribution in [-0.2, 0) is 0 Å². The van der Waals surface area contributed by atoms with Crippen LogP contribution < -0.4 is 5.73 Å². The molecule has 1 nitrogen and oxygen atoms in total. The molecule has 1 aromatic heterocycles. The van der Waals surface area contributed by atoms with Crippen LogP contribution in [0.15, 0.2) is 15.9 Å². The number of nitrogens with two attached hydrogens (primary N) is 1. The van der Waals surface area contributed by atoms with Gasteiger partial charge in [0.2, 0.25) is 0 Å². The molecule has 1 aromatic rings. The topological polar surface area (TPSA) is 26.0 Å². The highest BCUT2D eigenvalue weighted by Gasteiger charge is 2.35. The summed E-state index contributed by atoms with van der Waals surface area (Å²) in [5.41, 5.74) is 5.70. The minimum Gasteiger partial charge on any atom is -0.327 e. The van der Waals surface area contributed by atoms with E-state index in [0.29, 0.717) is 12.0 Å². The molecule has 62 valence electrons. The summed E-state index contributed by atoms with van der Waals surface area (Å²) in [5.74, 6) is 0.663. The SMILES string of the molecule is Cl.N[C@@H]1C[C@H]1c1ccc(Br)s1. The molecular weight excluding hydrogens is 246 g/mol. The van der Waals surface area contributed by atoms with Crippen LogP contribution >= 0.6 is 39.7 Å². The van der Waals surface area contributed by atoms with Crippen molar-refractivity contribution in [1.29, 1.82) is 0 Å². The molecule has 1 aliphatic carbocycles. The van der Waals surface area contributed by atoms with Crippen LogP contribution in [0, 0.1) is 0 Å². The van der Waals surface area contributed by atoms with Gasteiger partial charge in [0.15, 0.2) is 0 Å². The lowest BCUT2D eigenvalue weighted by Gasteiger charge is -1.86. The van der Waals surface area contributed by atoms with E-state index in [9.17, 15) is 0 Å². The van der Waals surface area contributed by atoms with Gasteiger partial charge in [0.1, 0.15) is 0 Å². The van der Waals surface area contributed by atoms with E-state index in [1.807, 2.05) is 0 Å². The molecule has 4 heteroatoms. The van der Waals surface area contributed by atoms with Gasteiger partial charge in [-0.2, -0.15) is 0 Å². The molecule has 1 aliphatic rings. The van der Waals surface area contributed by atoms with Gasteiger partial charge in [0.05, 0.1) is 3.79 Å². The minimum atomic E-state index is 0. The van der Waals surface area contributed by atoms with Crippen molar-refractivity contribution in [3.8, 4) is 0 Å². The zero-order valence-corrected chi connectivity index (χ0v) is 9.01. The summed E-state index contributed by atoms with van der Waals surface area (Å²) in [6, 6.07) is 4.68. The lowest BCUT2D eigenvalue weighted by molar-refractivity contribution is 1.01. The van der Waals surface area contributed by atoms with E-state index in [1.54, 1.807) is 11.3 Å². The van der Waals surface area contributed by atoms with Crippen molar-refractivity contribution in [3.63, 3.8) is 0 Å². The van der Waals surface area contributed by atoms with Gasteiger partial charge in [-0.05, 0) is 34.5 Å². The first-order chi connectivity index (χ1) is 4.77. The average Bonchev–Trinajstić information content (AvgIpc) is 2.42. The number of hydrogen-bond donors (Lipinski definition) is 1. The predicted octanol–water partition coefficient (Wildman–Crippen LogP) is 2.75. The number of halogens is 2. The van der Waals surface area contributed by atoms with Crippen molar-refractivity contribution in [2.75, 3.05) is 0 Å². The van der Waals surface area contributed by atoms with Crippen LogP contribution in [0.2, 0.25) is 0 Å². The maximum absolute atomic E-state index is 5.70. The predicted molar refractivity (Wildman–Crippen MR) is 54.6 cm³/mol. The summed E-state index contributed by atoms with van der Waals surface area (Å²) in [7, 11) is 0. The van der Waals surface area contributed by atoms with Gasteiger partial charge >= 0.3 is 0 Å². The number of hydrogen-bond acceptors (Lipinski definition) is 2. The Hall–Kier alpha value is 0.430. The van der Waals surface area contributed by atoms with Gasteiger partial charge < -0.3 is 5.73 Å². The zero-order valence-electron chi connectivity index (χ0n) is 5.79. The third-order valence-corrected chi connectivity index (χ3v) is 3.55. The van der Waals surface area contributed by atoms with E-state index < -0.39 is 0 Å². The Kier molecular flexibility index (Phi) is 2.97. The first-order valence-corrected chi connectivity index (χ1v) is 4.89. The summed E-state index contributed by atoms with van der Waals surface area (Å²) in [4.78, 5) is 1.43. The summed E-state index contributed by atoms with van der Waals surface area (Å²) < 4.78 is 1.21. The molecule has 11 heavy (non-hydrogen) atoms. The van der Waals surface area contributed by atoms with Crippen molar-refractivity contribution in [3.05, 3.63) is 20.8 Å². The van der Waals surface area contributed by atoms with Gasteiger partial charge in [0, 0.05) is 16.8 Å². The van der Waals surface area contributed by atoms with Crippen molar-refractivity contribution < 1.29 is 0 Å². The van der Waals surface area contributed by atoms with Crippen molar-refractivity contribution >= 4 is 39.7 Å². The van der Waals surface area contributed by atoms with E-state index in [0.717, 1.165) is 0 Å². The third kappa shape index (κ3) is 1.96. The van der Waals surface area contributed by atoms with Gasteiger partial charge in [-0.15, -0.1) is 23.7 Å². The summed E-state index contributed by atoms with van der Waals surface area (Å²) in [6.07, 6.45) is 1.17. The zero-order chi connectivity index (χ0) is 7.14. The maximum atomic E-state index is 5.70. The van der Waals surface area contributed by atoms with Crippen molar-refractivity contribution in [2.24, 2.45) is 5.73 Å². The van der Waals surface area contributed by atoms with Gasteiger partial charge in [-0.25, -0.2) is 0 Å². The van der Waals surface area contributed by atoms with Crippen molar-refractivity contribution in [1.82, 2.24) is 0 Å². The van der Waals surface area contributed by atoms with Crippen molar-refractivity contribution in [2.45, 2.75) is 18.4 Å². The fourth-order valence-corrected chi connectivity index (χ4v) is 2.68. The molecule has 0 aliphatic heterocycles. The van der Waals surface area contributed by atoms with Crippen LogP contribution in [0.25, 0.3) is 0 Å². The fourth-order valence-electron chi connectivity index (χ4n) is 1.07. The molecule has 0 saturated heterocycles. The first-order valence-electron chi connectivity index (χ1n) is 3.28. The largest absolute Gasteiger partial charge is 0.327 e.